The fourth-order valence-electron chi connectivity index (χ4n) is 6.40. The van der Waals surface area contributed by atoms with Crippen molar-refractivity contribution < 1.29 is 24.5 Å². The lowest BCUT2D eigenvalue weighted by molar-refractivity contribution is -0.166. The zero-order valence-electron chi connectivity index (χ0n) is 16.6. The first-order chi connectivity index (χ1) is 13.2. The van der Waals surface area contributed by atoms with Crippen molar-refractivity contribution in [2.45, 2.75) is 62.9 Å². The van der Waals surface area contributed by atoms with Gasteiger partial charge in [-0.15, -0.1) is 0 Å². The minimum Gasteiger partial charge on any atom is -0.486 e. The molecule has 0 radical (unpaired) electrons. The molecule has 5 rings (SSSR count). The van der Waals surface area contributed by atoms with Crippen molar-refractivity contribution in [3.05, 3.63) is 35.1 Å². The zero-order valence-corrected chi connectivity index (χ0v) is 16.6. The van der Waals surface area contributed by atoms with Gasteiger partial charge in [-0.3, -0.25) is 9.59 Å². The van der Waals surface area contributed by atoms with Gasteiger partial charge in [0.05, 0.1) is 0 Å². The Bertz CT molecular complexity index is 887. The highest BCUT2D eigenvalue weighted by molar-refractivity contribution is 5.92. The standard InChI is InChI=1S/C22H27NO5/c1-4-16(25)22(27)7-5-13-11-15-14-6-8-21(26,12(2)24)19-20(14,9-10-23(15)3)17(13)18(22)28-19/h5-6,8,14-15,19,26-27H,4,7,9-11H2,1-3H3/t14-,15+,19+,20-,21+,22?/m0/s1. The van der Waals surface area contributed by atoms with Crippen LogP contribution in [0, 0.1) is 11.3 Å². The van der Waals surface area contributed by atoms with E-state index in [9.17, 15) is 19.8 Å². The van der Waals surface area contributed by atoms with Crippen molar-refractivity contribution in [2.24, 2.45) is 11.3 Å². The molecule has 28 heavy (non-hydrogen) atoms. The molecule has 1 saturated carbocycles. The molecule has 0 aromatic rings. The second-order valence-electron chi connectivity index (χ2n) is 9.08. The molecule has 1 spiro atoms. The summed E-state index contributed by atoms with van der Waals surface area (Å²) in [5, 5.41) is 22.7. The van der Waals surface area contributed by atoms with Gasteiger partial charge in [0.1, 0.15) is 11.9 Å². The van der Waals surface area contributed by atoms with Crippen molar-refractivity contribution in [2.75, 3.05) is 13.6 Å². The van der Waals surface area contributed by atoms with Crippen LogP contribution >= 0.6 is 0 Å². The van der Waals surface area contributed by atoms with E-state index in [0.29, 0.717) is 12.2 Å². The molecule has 0 aromatic heterocycles. The highest BCUT2D eigenvalue weighted by Gasteiger charge is 2.71. The summed E-state index contributed by atoms with van der Waals surface area (Å²) in [6.07, 6.45) is 6.64. The Kier molecular flexibility index (Phi) is 3.55. The molecule has 2 aliphatic heterocycles. The number of likely N-dealkylation sites (tertiary alicyclic amines) is 1. The molecule has 150 valence electrons. The molecule has 2 heterocycles. The molecule has 1 unspecified atom stereocenters. The van der Waals surface area contributed by atoms with Gasteiger partial charge in [-0.2, -0.15) is 0 Å². The Morgan fingerprint density at radius 3 is 2.79 bits per heavy atom. The molecule has 3 aliphatic carbocycles. The number of rotatable bonds is 3. The lowest BCUT2D eigenvalue weighted by atomic mass is 9.49. The summed E-state index contributed by atoms with van der Waals surface area (Å²) in [4.78, 5) is 27.5. The van der Waals surface area contributed by atoms with Crippen molar-refractivity contribution in [3.63, 3.8) is 0 Å². The minimum atomic E-state index is -1.76. The lowest BCUT2D eigenvalue weighted by Crippen LogP contribution is -2.67. The third kappa shape index (κ3) is 1.84. The van der Waals surface area contributed by atoms with Gasteiger partial charge in [-0.25, -0.2) is 0 Å². The van der Waals surface area contributed by atoms with Crippen LogP contribution in [0.5, 0.6) is 0 Å². The zero-order chi connectivity index (χ0) is 20.1. The number of piperidine rings is 1. The Balaban J connectivity index is 1.78. The van der Waals surface area contributed by atoms with Crippen LogP contribution in [0.15, 0.2) is 35.1 Å². The van der Waals surface area contributed by atoms with E-state index < -0.39 is 22.7 Å². The fraction of sp³-hybridized carbons (Fsp3) is 0.636. The molecule has 5 aliphatic rings. The van der Waals surface area contributed by atoms with Crippen molar-refractivity contribution in [3.8, 4) is 0 Å². The van der Waals surface area contributed by atoms with E-state index in [-0.39, 0.29) is 36.4 Å². The summed E-state index contributed by atoms with van der Waals surface area (Å²) >= 11 is 0. The summed E-state index contributed by atoms with van der Waals surface area (Å²) in [6.45, 7) is 3.91. The van der Waals surface area contributed by atoms with Gasteiger partial charge in [0.2, 0.25) is 0 Å². The Morgan fingerprint density at radius 1 is 1.36 bits per heavy atom. The number of Topliss-reactive ketones (excluding diaryl/α,β-unsaturated/α-hetero) is 2. The van der Waals surface area contributed by atoms with E-state index in [1.165, 1.54) is 6.92 Å². The number of ketones is 2. The summed E-state index contributed by atoms with van der Waals surface area (Å²) < 4.78 is 6.30. The normalized spacial score (nSPS) is 46.0. The summed E-state index contributed by atoms with van der Waals surface area (Å²) in [5.74, 6) is -0.303. The van der Waals surface area contributed by atoms with Gasteiger partial charge in [0.15, 0.2) is 22.8 Å². The molecular formula is C22H27NO5. The van der Waals surface area contributed by atoms with Gasteiger partial charge >= 0.3 is 0 Å². The van der Waals surface area contributed by atoms with E-state index in [1.807, 2.05) is 12.2 Å². The largest absolute Gasteiger partial charge is 0.486 e. The molecule has 6 heteroatoms. The quantitative estimate of drug-likeness (QED) is 0.712. The van der Waals surface area contributed by atoms with E-state index in [4.69, 9.17) is 4.74 Å². The molecular weight excluding hydrogens is 358 g/mol. The van der Waals surface area contributed by atoms with Gasteiger partial charge in [-0.1, -0.05) is 19.1 Å². The minimum absolute atomic E-state index is 0.0691. The van der Waals surface area contributed by atoms with Crippen LogP contribution in [0.1, 0.15) is 39.5 Å². The smallest absolute Gasteiger partial charge is 0.183 e. The van der Waals surface area contributed by atoms with Gasteiger partial charge in [0, 0.05) is 35.8 Å². The maximum Gasteiger partial charge on any atom is 0.183 e. The molecule has 0 aromatic carbocycles. The topological polar surface area (TPSA) is 87.1 Å². The van der Waals surface area contributed by atoms with Gasteiger partial charge < -0.3 is 19.8 Å². The summed E-state index contributed by atoms with van der Waals surface area (Å²) in [6, 6.07) is 0.245. The second-order valence-corrected chi connectivity index (χ2v) is 9.08. The van der Waals surface area contributed by atoms with Crippen LogP contribution in [0.3, 0.4) is 0 Å². The van der Waals surface area contributed by atoms with E-state index in [1.54, 1.807) is 13.0 Å². The Hall–Kier alpha value is -1.76. The molecule has 6 atom stereocenters. The number of hydrogen-bond donors (Lipinski definition) is 2. The van der Waals surface area contributed by atoms with Crippen LogP contribution in [0.25, 0.3) is 0 Å². The number of carbonyl (C=O) groups excluding carboxylic acids is 2. The third-order valence-electron chi connectivity index (χ3n) is 7.92. The molecule has 2 N–H and O–H groups in total. The average molecular weight is 385 g/mol. The Morgan fingerprint density at radius 2 is 2.11 bits per heavy atom. The second kappa shape index (κ2) is 5.43. The van der Waals surface area contributed by atoms with Crippen molar-refractivity contribution in [1.29, 1.82) is 0 Å². The SMILES string of the molecule is CCC(=O)C1(O)CC=C2C[C@@H]3[C@@H]4C=C[C@@](O)(C(C)=O)[C@@H]5OC1=C2[C@@]54CCN3C. The first-order valence-electron chi connectivity index (χ1n) is 10.2. The molecule has 6 nitrogen and oxygen atoms in total. The van der Waals surface area contributed by atoms with E-state index >= 15 is 0 Å². The van der Waals surface area contributed by atoms with Crippen LogP contribution in [0.4, 0.5) is 0 Å². The Labute approximate surface area is 164 Å². The monoisotopic (exact) mass is 385 g/mol. The van der Waals surface area contributed by atoms with E-state index in [0.717, 1.165) is 24.1 Å². The number of nitrogens with zero attached hydrogens (tertiary/aromatic N) is 1. The van der Waals surface area contributed by atoms with Crippen LogP contribution < -0.4 is 0 Å². The van der Waals surface area contributed by atoms with Gasteiger partial charge in [0.25, 0.3) is 0 Å². The highest BCUT2D eigenvalue weighted by atomic mass is 16.5. The molecule has 2 fully saturated rings. The maximum atomic E-state index is 12.7. The molecule has 2 bridgehead atoms. The van der Waals surface area contributed by atoms with Crippen LogP contribution in [0.2, 0.25) is 0 Å². The predicted molar refractivity (Wildman–Crippen MR) is 101 cm³/mol. The lowest BCUT2D eigenvalue weighted by Gasteiger charge is -2.59. The van der Waals surface area contributed by atoms with Crippen molar-refractivity contribution >= 4 is 11.6 Å². The average Bonchev–Trinajstić information content (AvgIpc) is 3.03. The molecule has 1 saturated heterocycles. The van der Waals surface area contributed by atoms with Crippen LogP contribution in [-0.4, -0.2) is 63.6 Å². The highest BCUT2D eigenvalue weighted by Crippen LogP contribution is 2.67. The van der Waals surface area contributed by atoms with Crippen LogP contribution in [-0.2, 0) is 14.3 Å². The summed E-state index contributed by atoms with van der Waals surface area (Å²) in [7, 11) is 2.11. The maximum absolute atomic E-state index is 12.7. The third-order valence-corrected chi connectivity index (χ3v) is 7.92. The van der Waals surface area contributed by atoms with Crippen molar-refractivity contribution in [1.82, 2.24) is 4.90 Å². The number of aliphatic hydroxyl groups is 2. The van der Waals surface area contributed by atoms with Gasteiger partial charge in [-0.05, 0) is 45.0 Å². The summed E-state index contributed by atoms with van der Waals surface area (Å²) in [5.41, 5.74) is -2.08. The first kappa shape index (κ1) is 18.3. The number of ether oxygens (including phenoxy) is 1. The fourth-order valence-corrected chi connectivity index (χ4v) is 6.40. The number of carbonyl (C=O) groups is 2. The number of hydrogen-bond acceptors (Lipinski definition) is 6. The predicted octanol–water partition coefficient (Wildman–Crippen LogP) is 1.28. The first-order valence-corrected chi connectivity index (χ1v) is 10.2. The molecule has 0 amide bonds. The van der Waals surface area contributed by atoms with E-state index in [2.05, 4.69) is 11.9 Å².